The number of nitrogens with one attached hydrogen (secondary N) is 1. The minimum atomic E-state index is 0.128. The summed E-state index contributed by atoms with van der Waals surface area (Å²) in [4.78, 5) is 0. The van der Waals surface area contributed by atoms with Gasteiger partial charge in [-0.05, 0) is 32.5 Å². The molecule has 1 atom stereocenters. The summed E-state index contributed by atoms with van der Waals surface area (Å²) in [6.45, 7) is 2.08. The van der Waals surface area contributed by atoms with E-state index in [0.717, 1.165) is 11.5 Å². The lowest BCUT2D eigenvalue weighted by Crippen LogP contribution is -2.16. The van der Waals surface area contributed by atoms with Crippen LogP contribution in [0.2, 0.25) is 0 Å². The molecule has 0 saturated carbocycles. The van der Waals surface area contributed by atoms with Crippen LogP contribution in [0.3, 0.4) is 0 Å². The molecule has 1 rings (SSSR count). The van der Waals surface area contributed by atoms with E-state index in [4.69, 9.17) is 9.52 Å². The first-order valence-corrected chi connectivity index (χ1v) is 4.12. The molecule has 68 valence electrons. The van der Waals surface area contributed by atoms with E-state index in [9.17, 15) is 0 Å². The third-order valence-corrected chi connectivity index (χ3v) is 1.87. The van der Waals surface area contributed by atoms with Crippen LogP contribution in [0.4, 0.5) is 0 Å². The zero-order valence-electron chi connectivity index (χ0n) is 7.50. The van der Waals surface area contributed by atoms with E-state index in [-0.39, 0.29) is 12.6 Å². The summed E-state index contributed by atoms with van der Waals surface area (Å²) in [5.74, 6) is 1.80. The molecular formula is C9H15NO2. The number of aryl methyl sites for hydroxylation is 1. The molecule has 0 aliphatic carbocycles. The maximum absolute atomic E-state index is 8.75. The molecule has 0 fully saturated rings. The lowest BCUT2D eigenvalue weighted by Gasteiger charge is -2.10. The second-order valence-corrected chi connectivity index (χ2v) is 2.80. The van der Waals surface area contributed by atoms with Crippen LogP contribution in [0.15, 0.2) is 16.5 Å². The molecule has 0 aliphatic rings. The van der Waals surface area contributed by atoms with Gasteiger partial charge < -0.3 is 14.8 Å². The van der Waals surface area contributed by atoms with Crippen LogP contribution in [0.5, 0.6) is 0 Å². The fourth-order valence-corrected chi connectivity index (χ4v) is 1.20. The Kier molecular flexibility index (Phi) is 3.31. The molecule has 2 N–H and O–H groups in total. The minimum Gasteiger partial charge on any atom is -0.465 e. The normalized spacial score (nSPS) is 13.2. The van der Waals surface area contributed by atoms with E-state index in [0.29, 0.717) is 6.42 Å². The summed E-state index contributed by atoms with van der Waals surface area (Å²) in [6.07, 6.45) is 0.684. The predicted molar refractivity (Wildman–Crippen MR) is 46.9 cm³/mol. The molecule has 3 heteroatoms. The standard InChI is InChI=1S/C9H15NO2/c1-7-3-4-9(12-7)8(10-2)5-6-11/h3-4,8,10-11H,5-6H2,1-2H3. The Morgan fingerprint density at radius 3 is 2.75 bits per heavy atom. The van der Waals surface area contributed by atoms with E-state index in [1.807, 2.05) is 26.1 Å². The Morgan fingerprint density at radius 2 is 2.33 bits per heavy atom. The highest BCUT2D eigenvalue weighted by atomic mass is 16.3. The van der Waals surface area contributed by atoms with E-state index >= 15 is 0 Å². The van der Waals surface area contributed by atoms with Gasteiger partial charge in [0, 0.05) is 6.61 Å². The Hall–Kier alpha value is -0.800. The van der Waals surface area contributed by atoms with Crippen molar-refractivity contribution < 1.29 is 9.52 Å². The lowest BCUT2D eigenvalue weighted by molar-refractivity contribution is 0.257. The van der Waals surface area contributed by atoms with Crippen molar-refractivity contribution in [3.8, 4) is 0 Å². The highest BCUT2D eigenvalue weighted by molar-refractivity contribution is 5.09. The third-order valence-electron chi connectivity index (χ3n) is 1.87. The topological polar surface area (TPSA) is 45.4 Å². The largest absolute Gasteiger partial charge is 0.465 e. The fraction of sp³-hybridized carbons (Fsp3) is 0.556. The van der Waals surface area contributed by atoms with E-state index in [1.165, 1.54) is 0 Å². The van der Waals surface area contributed by atoms with Crippen molar-refractivity contribution in [1.29, 1.82) is 0 Å². The highest BCUT2D eigenvalue weighted by Crippen LogP contribution is 2.18. The van der Waals surface area contributed by atoms with E-state index in [1.54, 1.807) is 0 Å². The van der Waals surface area contributed by atoms with Gasteiger partial charge in [-0.2, -0.15) is 0 Å². The molecule has 3 nitrogen and oxygen atoms in total. The van der Waals surface area contributed by atoms with Crippen LogP contribution in [-0.2, 0) is 0 Å². The van der Waals surface area contributed by atoms with Crippen LogP contribution < -0.4 is 5.32 Å². The second-order valence-electron chi connectivity index (χ2n) is 2.80. The second kappa shape index (κ2) is 4.28. The van der Waals surface area contributed by atoms with Crippen molar-refractivity contribution in [3.05, 3.63) is 23.7 Å². The number of hydrogen-bond acceptors (Lipinski definition) is 3. The smallest absolute Gasteiger partial charge is 0.121 e. The van der Waals surface area contributed by atoms with Crippen molar-refractivity contribution in [1.82, 2.24) is 5.32 Å². The summed E-state index contributed by atoms with van der Waals surface area (Å²) < 4.78 is 5.42. The molecule has 0 saturated heterocycles. The maximum Gasteiger partial charge on any atom is 0.121 e. The summed E-state index contributed by atoms with van der Waals surface area (Å²) in [7, 11) is 1.86. The Labute approximate surface area is 72.4 Å². The molecule has 12 heavy (non-hydrogen) atoms. The van der Waals surface area contributed by atoms with Gasteiger partial charge in [0.2, 0.25) is 0 Å². The summed E-state index contributed by atoms with van der Waals surface area (Å²) >= 11 is 0. The van der Waals surface area contributed by atoms with Gasteiger partial charge in [-0.25, -0.2) is 0 Å². The van der Waals surface area contributed by atoms with Gasteiger partial charge in [-0.15, -0.1) is 0 Å². The average molecular weight is 169 g/mol. The summed E-state index contributed by atoms with van der Waals surface area (Å²) in [5, 5.41) is 11.8. The van der Waals surface area contributed by atoms with Crippen molar-refractivity contribution in [3.63, 3.8) is 0 Å². The Balaban J connectivity index is 2.66. The Bertz CT molecular complexity index is 232. The van der Waals surface area contributed by atoms with Gasteiger partial charge in [0.05, 0.1) is 6.04 Å². The van der Waals surface area contributed by atoms with Gasteiger partial charge in [0.1, 0.15) is 11.5 Å². The molecule has 0 aliphatic heterocycles. The van der Waals surface area contributed by atoms with E-state index in [2.05, 4.69) is 5.32 Å². The number of rotatable bonds is 4. The summed E-state index contributed by atoms with van der Waals surface area (Å²) in [5.41, 5.74) is 0. The minimum absolute atomic E-state index is 0.128. The third kappa shape index (κ3) is 2.09. The molecule has 0 radical (unpaired) electrons. The van der Waals surface area contributed by atoms with Gasteiger partial charge >= 0.3 is 0 Å². The molecule has 1 heterocycles. The monoisotopic (exact) mass is 169 g/mol. The Morgan fingerprint density at radius 1 is 1.58 bits per heavy atom. The van der Waals surface area contributed by atoms with Gasteiger partial charge in [-0.3, -0.25) is 0 Å². The number of aliphatic hydroxyl groups excluding tert-OH is 1. The van der Waals surface area contributed by atoms with Gasteiger partial charge in [0.15, 0.2) is 0 Å². The van der Waals surface area contributed by atoms with Crippen molar-refractivity contribution in [2.24, 2.45) is 0 Å². The first-order valence-electron chi connectivity index (χ1n) is 4.12. The lowest BCUT2D eigenvalue weighted by atomic mass is 10.2. The predicted octanol–water partition coefficient (Wildman–Crippen LogP) is 1.23. The molecule has 1 aromatic rings. The average Bonchev–Trinajstić information content (AvgIpc) is 2.47. The molecule has 0 amide bonds. The zero-order chi connectivity index (χ0) is 8.97. The molecule has 1 unspecified atom stereocenters. The molecule has 0 aromatic carbocycles. The number of aliphatic hydroxyl groups is 1. The summed E-state index contributed by atoms with van der Waals surface area (Å²) in [6, 6.07) is 3.99. The molecule has 0 spiro atoms. The van der Waals surface area contributed by atoms with Crippen molar-refractivity contribution >= 4 is 0 Å². The van der Waals surface area contributed by atoms with Crippen molar-refractivity contribution in [2.45, 2.75) is 19.4 Å². The van der Waals surface area contributed by atoms with Crippen LogP contribution in [0.25, 0.3) is 0 Å². The maximum atomic E-state index is 8.75. The molecule has 0 bridgehead atoms. The molecule has 1 aromatic heterocycles. The highest BCUT2D eigenvalue weighted by Gasteiger charge is 2.11. The quantitative estimate of drug-likeness (QED) is 0.712. The number of furan rings is 1. The van der Waals surface area contributed by atoms with Crippen LogP contribution in [0, 0.1) is 6.92 Å². The first kappa shape index (κ1) is 9.29. The van der Waals surface area contributed by atoms with E-state index < -0.39 is 0 Å². The van der Waals surface area contributed by atoms with Crippen molar-refractivity contribution in [2.75, 3.05) is 13.7 Å². The van der Waals surface area contributed by atoms with Crippen LogP contribution in [-0.4, -0.2) is 18.8 Å². The van der Waals surface area contributed by atoms with Crippen LogP contribution in [0.1, 0.15) is 24.0 Å². The number of hydrogen-bond donors (Lipinski definition) is 2. The molecular weight excluding hydrogens is 154 g/mol. The van der Waals surface area contributed by atoms with Crippen LogP contribution >= 0.6 is 0 Å². The zero-order valence-corrected chi connectivity index (χ0v) is 7.50. The van der Waals surface area contributed by atoms with Gasteiger partial charge in [-0.1, -0.05) is 0 Å². The SMILES string of the molecule is CNC(CCO)c1ccc(C)o1. The fourth-order valence-electron chi connectivity index (χ4n) is 1.20. The van der Waals surface area contributed by atoms with Gasteiger partial charge in [0.25, 0.3) is 0 Å². The first-order chi connectivity index (χ1) is 5.77.